The molecular formula is C12H19F3N2O. The lowest BCUT2D eigenvalue weighted by Gasteiger charge is -2.36. The van der Waals surface area contributed by atoms with Crippen molar-refractivity contribution in [2.45, 2.75) is 44.3 Å². The number of hydrogen-bond donors (Lipinski definition) is 1. The molecule has 2 fully saturated rings. The quantitative estimate of drug-likeness (QED) is 0.785. The number of rotatable bonds is 1. The van der Waals surface area contributed by atoms with E-state index in [1.807, 2.05) is 0 Å². The molecule has 0 aromatic heterocycles. The molecule has 0 unspecified atom stereocenters. The Morgan fingerprint density at radius 2 is 1.94 bits per heavy atom. The largest absolute Gasteiger partial charge is 0.393 e. The molecule has 1 amide bonds. The SMILES string of the molecule is O=C([C@@H]1CCCCN1)N1CCC[C@H](C(F)(F)F)C1. The van der Waals surface area contributed by atoms with Crippen LogP contribution >= 0.6 is 0 Å². The minimum Gasteiger partial charge on any atom is -0.341 e. The molecule has 0 spiro atoms. The van der Waals surface area contributed by atoms with Crippen LogP contribution in [0.4, 0.5) is 13.2 Å². The lowest BCUT2D eigenvalue weighted by Crippen LogP contribution is -2.52. The lowest BCUT2D eigenvalue weighted by molar-refractivity contribution is -0.188. The van der Waals surface area contributed by atoms with Gasteiger partial charge in [0.1, 0.15) is 0 Å². The standard InChI is InChI=1S/C12H19F3N2O/c13-12(14,15)9-4-3-7-17(8-9)11(18)10-5-1-2-6-16-10/h9-10,16H,1-8H2/t9-,10-/m0/s1. The van der Waals surface area contributed by atoms with Crippen LogP contribution in [-0.2, 0) is 4.79 Å². The highest BCUT2D eigenvalue weighted by atomic mass is 19.4. The Balaban J connectivity index is 1.93. The molecule has 2 aliphatic heterocycles. The van der Waals surface area contributed by atoms with Crippen molar-refractivity contribution in [3.05, 3.63) is 0 Å². The molecule has 2 aliphatic rings. The van der Waals surface area contributed by atoms with Gasteiger partial charge in [-0.1, -0.05) is 6.42 Å². The average molecular weight is 264 g/mol. The number of piperidine rings is 2. The molecule has 18 heavy (non-hydrogen) atoms. The number of alkyl halides is 3. The van der Waals surface area contributed by atoms with Gasteiger partial charge in [-0.2, -0.15) is 13.2 Å². The van der Waals surface area contributed by atoms with E-state index < -0.39 is 12.1 Å². The second kappa shape index (κ2) is 5.47. The van der Waals surface area contributed by atoms with Gasteiger partial charge in [0, 0.05) is 13.1 Å². The third-order valence-corrected chi connectivity index (χ3v) is 3.80. The van der Waals surface area contributed by atoms with Gasteiger partial charge >= 0.3 is 6.18 Å². The summed E-state index contributed by atoms with van der Waals surface area (Å²) in [5.74, 6) is -1.50. The first kappa shape index (κ1) is 13.6. The van der Waals surface area contributed by atoms with Gasteiger partial charge in [0.15, 0.2) is 0 Å². The van der Waals surface area contributed by atoms with Crippen LogP contribution < -0.4 is 5.32 Å². The normalized spacial score (nSPS) is 30.3. The molecule has 104 valence electrons. The third kappa shape index (κ3) is 3.16. The lowest BCUT2D eigenvalue weighted by atomic mass is 9.96. The van der Waals surface area contributed by atoms with Crippen molar-refractivity contribution >= 4 is 5.91 Å². The van der Waals surface area contributed by atoms with Crippen LogP contribution in [-0.4, -0.2) is 42.7 Å². The summed E-state index contributed by atoms with van der Waals surface area (Å²) in [5, 5.41) is 3.10. The fourth-order valence-corrected chi connectivity index (χ4v) is 2.73. The highest BCUT2D eigenvalue weighted by molar-refractivity contribution is 5.82. The van der Waals surface area contributed by atoms with Crippen molar-refractivity contribution in [2.75, 3.05) is 19.6 Å². The van der Waals surface area contributed by atoms with Crippen molar-refractivity contribution in [1.82, 2.24) is 10.2 Å². The molecule has 2 heterocycles. The summed E-state index contributed by atoms with van der Waals surface area (Å²) in [6, 6.07) is -0.272. The van der Waals surface area contributed by atoms with Crippen molar-refractivity contribution in [2.24, 2.45) is 5.92 Å². The number of likely N-dealkylation sites (tertiary alicyclic amines) is 1. The smallest absolute Gasteiger partial charge is 0.341 e. The Labute approximate surface area is 105 Å². The van der Waals surface area contributed by atoms with E-state index in [1.54, 1.807) is 0 Å². The summed E-state index contributed by atoms with van der Waals surface area (Å²) in [7, 11) is 0. The molecule has 0 aromatic carbocycles. The second-order valence-electron chi connectivity index (χ2n) is 5.17. The molecule has 3 nitrogen and oxygen atoms in total. The zero-order valence-electron chi connectivity index (χ0n) is 10.3. The van der Waals surface area contributed by atoms with Gasteiger partial charge in [0.25, 0.3) is 0 Å². The topological polar surface area (TPSA) is 32.3 Å². The first-order valence-electron chi connectivity index (χ1n) is 6.57. The van der Waals surface area contributed by atoms with Crippen molar-refractivity contribution in [3.63, 3.8) is 0 Å². The number of halogens is 3. The van der Waals surface area contributed by atoms with E-state index in [1.165, 1.54) is 4.90 Å². The predicted molar refractivity (Wildman–Crippen MR) is 61.0 cm³/mol. The van der Waals surface area contributed by atoms with Gasteiger partial charge in [-0.05, 0) is 32.2 Å². The van der Waals surface area contributed by atoms with Crippen LogP contribution in [0, 0.1) is 5.92 Å². The van der Waals surface area contributed by atoms with Gasteiger partial charge in [0.2, 0.25) is 5.91 Å². The van der Waals surface area contributed by atoms with Gasteiger partial charge in [-0.25, -0.2) is 0 Å². The molecule has 2 rings (SSSR count). The number of carbonyl (C=O) groups excluding carboxylic acids is 1. The van der Waals surface area contributed by atoms with Crippen molar-refractivity contribution < 1.29 is 18.0 Å². The Morgan fingerprint density at radius 1 is 1.17 bits per heavy atom. The summed E-state index contributed by atoms with van der Waals surface area (Å²) in [5.41, 5.74) is 0. The summed E-state index contributed by atoms with van der Waals surface area (Å²) in [4.78, 5) is 13.5. The van der Waals surface area contributed by atoms with Gasteiger partial charge in [-0.3, -0.25) is 4.79 Å². The van der Waals surface area contributed by atoms with E-state index in [0.29, 0.717) is 13.0 Å². The maximum atomic E-state index is 12.7. The molecule has 0 aromatic rings. The van der Waals surface area contributed by atoms with E-state index in [0.717, 1.165) is 25.8 Å². The number of carbonyl (C=O) groups is 1. The summed E-state index contributed by atoms with van der Waals surface area (Å²) < 4.78 is 38.0. The van der Waals surface area contributed by atoms with E-state index in [-0.39, 0.29) is 24.9 Å². The molecule has 1 N–H and O–H groups in total. The van der Waals surface area contributed by atoms with Crippen LogP contribution in [0.15, 0.2) is 0 Å². The number of amides is 1. The number of nitrogens with one attached hydrogen (secondary N) is 1. The van der Waals surface area contributed by atoms with Crippen molar-refractivity contribution in [1.29, 1.82) is 0 Å². The molecule has 2 atom stereocenters. The van der Waals surface area contributed by atoms with E-state index in [2.05, 4.69) is 5.32 Å². The van der Waals surface area contributed by atoms with E-state index >= 15 is 0 Å². The minimum absolute atomic E-state index is 0.144. The average Bonchev–Trinajstić information content (AvgIpc) is 2.38. The number of hydrogen-bond acceptors (Lipinski definition) is 2. The molecular weight excluding hydrogens is 245 g/mol. The highest BCUT2D eigenvalue weighted by Gasteiger charge is 2.43. The van der Waals surface area contributed by atoms with E-state index in [4.69, 9.17) is 0 Å². The fourth-order valence-electron chi connectivity index (χ4n) is 2.73. The highest BCUT2D eigenvalue weighted by Crippen LogP contribution is 2.33. The van der Waals surface area contributed by atoms with Crippen LogP contribution in [0.25, 0.3) is 0 Å². The molecule has 0 aliphatic carbocycles. The fraction of sp³-hybridized carbons (Fsp3) is 0.917. The number of nitrogens with zero attached hydrogens (tertiary/aromatic N) is 1. The molecule has 0 radical (unpaired) electrons. The Bertz CT molecular complexity index is 300. The van der Waals surface area contributed by atoms with Gasteiger partial charge in [-0.15, -0.1) is 0 Å². The zero-order chi connectivity index (χ0) is 13.2. The van der Waals surface area contributed by atoms with Crippen LogP contribution in [0.5, 0.6) is 0 Å². The summed E-state index contributed by atoms with van der Waals surface area (Å²) in [6.45, 7) is 1.08. The predicted octanol–water partition coefficient (Wildman–Crippen LogP) is 1.93. The zero-order valence-corrected chi connectivity index (χ0v) is 10.3. The van der Waals surface area contributed by atoms with Crippen LogP contribution in [0.1, 0.15) is 32.1 Å². The molecule has 2 saturated heterocycles. The van der Waals surface area contributed by atoms with Crippen molar-refractivity contribution in [3.8, 4) is 0 Å². The van der Waals surface area contributed by atoms with Crippen LogP contribution in [0.3, 0.4) is 0 Å². The Morgan fingerprint density at radius 3 is 2.56 bits per heavy atom. The van der Waals surface area contributed by atoms with Gasteiger partial charge < -0.3 is 10.2 Å². The van der Waals surface area contributed by atoms with E-state index in [9.17, 15) is 18.0 Å². The summed E-state index contributed by atoms with van der Waals surface area (Å²) >= 11 is 0. The monoisotopic (exact) mass is 264 g/mol. The Kier molecular flexibility index (Phi) is 4.14. The maximum absolute atomic E-state index is 12.7. The first-order valence-corrected chi connectivity index (χ1v) is 6.57. The molecule has 0 bridgehead atoms. The third-order valence-electron chi connectivity index (χ3n) is 3.80. The minimum atomic E-state index is -4.18. The molecule has 0 saturated carbocycles. The van der Waals surface area contributed by atoms with Crippen LogP contribution in [0.2, 0.25) is 0 Å². The maximum Gasteiger partial charge on any atom is 0.393 e. The second-order valence-corrected chi connectivity index (χ2v) is 5.17. The van der Waals surface area contributed by atoms with Gasteiger partial charge in [0.05, 0.1) is 12.0 Å². The Hall–Kier alpha value is -0.780. The first-order chi connectivity index (χ1) is 8.48. The molecule has 6 heteroatoms. The summed E-state index contributed by atoms with van der Waals surface area (Å²) in [6.07, 6.45) is -0.839.